The standard InChI is InChI=1S/C20H22N2O5.C6H12/c1-27-18-8-7-15(12-17(18)23)21-9-10-22(19(24)20(25)26)16(13-21)11-14-5-3-2-4-6-14;1-6-4-2-3-5-6/h2-8,12,16,23H,9-11,13H2,1H3,(H,25,26);6H,2-5H2,1H3/t16-;/m0./s1. The lowest BCUT2D eigenvalue weighted by molar-refractivity contribution is -0.157. The number of amides is 1. The summed E-state index contributed by atoms with van der Waals surface area (Å²) in [5.74, 6) is -0.848. The highest BCUT2D eigenvalue weighted by atomic mass is 16.5. The third-order valence-electron chi connectivity index (χ3n) is 6.41. The number of carboxylic acid groups (broad SMARTS) is 1. The van der Waals surface area contributed by atoms with Crippen molar-refractivity contribution in [1.29, 1.82) is 0 Å². The highest BCUT2D eigenvalue weighted by molar-refractivity contribution is 6.31. The van der Waals surface area contributed by atoms with Gasteiger partial charge in [0.1, 0.15) is 0 Å². The number of phenols is 1. The lowest BCUT2D eigenvalue weighted by Gasteiger charge is -2.42. The van der Waals surface area contributed by atoms with E-state index >= 15 is 0 Å². The zero-order valence-corrected chi connectivity index (χ0v) is 19.4. The summed E-state index contributed by atoms with van der Waals surface area (Å²) in [7, 11) is 1.49. The second-order valence-electron chi connectivity index (χ2n) is 8.84. The molecule has 1 atom stereocenters. The Hall–Kier alpha value is -3.22. The van der Waals surface area contributed by atoms with Gasteiger partial charge >= 0.3 is 11.9 Å². The van der Waals surface area contributed by atoms with Crippen molar-refractivity contribution in [2.45, 2.75) is 45.1 Å². The van der Waals surface area contributed by atoms with Crippen molar-refractivity contribution in [2.24, 2.45) is 5.92 Å². The molecule has 0 spiro atoms. The Balaban J connectivity index is 0.000000442. The Kier molecular flexibility index (Phi) is 8.58. The molecule has 1 aliphatic heterocycles. The number of hydrogen-bond acceptors (Lipinski definition) is 5. The van der Waals surface area contributed by atoms with Crippen LogP contribution in [0.5, 0.6) is 11.5 Å². The normalized spacial score (nSPS) is 18.4. The fourth-order valence-corrected chi connectivity index (χ4v) is 4.55. The van der Waals surface area contributed by atoms with Crippen LogP contribution in [0.1, 0.15) is 38.2 Å². The van der Waals surface area contributed by atoms with Crippen LogP contribution in [0, 0.1) is 5.92 Å². The number of rotatable bonds is 4. The van der Waals surface area contributed by atoms with Crippen LogP contribution in [0.4, 0.5) is 5.69 Å². The Bertz CT molecular complexity index is 928. The molecule has 2 aromatic rings. The first-order chi connectivity index (χ1) is 15.9. The molecule has 4 rings (SSSR count). The summed E-state index contributed by atoms with van der Waals surface area (Å²) in [6.07, 6.45) is 6.50. The summed E-state index contributed by atoms with van der Waals surface area (Å²) >= 11 is 0. The molecule has 1 amide bonds. The average Bonchev–Trinajstić information content (AvgIpc) is 3.30. The minimum absolute atomic E-state index is 0.0404. The number of methoxy groups -OCH3 is 1. The number of ether oxygens (including phenoxy) is 1. The van der Waals surface area contributed by atoms with Gasteiger partial charge in [0, 0.05) is 31.4 Å². The highest BCUT2D eigenvalue weighted by Crippen LogP contribution is 2.31. The van der Waals surface area contributed by atoms with Crippen molar-refractivity contribution in [1.82, 2.24) is 4.90 Å². The number of aliphatic carboxylic acids is 1. The molecule has 1 saturated heterocycles. The van der Waals surface area contributed by atoms with Crippen LogP contribution in [0.15, 0.2) is 48.5 Å². The average molecular weight is 455 g/mol. The van der Waals surface area contributed by atoms with Gasteiger partial charge < -0.3 is 24.7 Å². The molecule has 2 aromatic carbocycles. The van der Waals surface area contributed by atoms with Crippen LogP contribution in [-0.4, -0.2) is 59.8 Å². The van der Waals surface area contributed by atoms with E-state index in [1.807, 2.05) is 41.3 Å². The molecule has 7 nitrogen and oxygen atoms in total. The number of aromatic hydroxyl groups is 1. The van der Waals surface area contributed by atoms with E-state index in [9.17, 15) is 14.7 Å². The Labute approximate surface area is 195 Å². The third-order valence-corrected chi connectivity index (χ3v) is 6.41. The molecule has 0 aromatic heterocycles. The first-order valence-corrected chi connectivity index (χ1v) is 11.6. The van der Waals surface area contributed by atoms with Gasteiger partial charge in [-0.2, -0.15) is 0 Å². The second-order valence-corrected chi connectivity index (χ2v) is 8.84. The minimum atomic E-state index is -1.44. The fourth-order valence-electron chi connectivity index (χ4n) is 4.55. The zero-order chi connectivity index (χ0) is 23.8. The largest absolute Gasteiger partial charge is 0.504 e. The van der Waals surface area contributed by atoms with Crippen molar-refractivity contribution in [2.75, 3.05) is 31.6 Å². The van der Waals surface area contributed by atoms with Crippen molar-refractivity contribution in [3.8, 4) is 11.5 Å². The van der Waals surface area contributed by atoms with E-state index in [1.54, 1.807) is 12.1 Å². The number of piperazine rings is 1. The van der Waals surface area contributed by atoms with Crippen LogP contribution in [-0.2, 0) is 16.0 Å². The summed E-state index contributed by atoms with van der Waals surface area (Å²) in [6.45, 7) is 3.60. The SMILES string of the molecule is CC1CCCC1.COc1ccc(N2CCN(C(=O)C(=O)O)[C@@H](Cc3ccccc3)C2)cc1O. The Morgan fingerprint density at radius 1 is 1.06 bits per heavy atom. The van der Waals surface area contributed by atoms with Gasteiger partial charge in [0.15, 0.2) is 11.5 Å². The second kappa shape index (κ2) is 11.6. The molecular weight excluding hydrogens is 420 g/mol. The lowest BCUT2D eigenvalue weighted by atomic mass is 10.0. The topological polar surface area (TPSA) is 90.3 Å². The molecule has 0 unspecified atom stereocenters. The number of carboxylic acids is 1. The van der Waals surface area contributed by atoms with Crippen LogP contribution < -0.4 is 9.64 Å². The molecule has 7 heteroatoms. The number of anilines is 1. The van der Waals surface area contributed by atoms with Crippen LogP contribution in [0.25, 0.3) is 0 Å². The van der Waals surface area contributed by atoms with Gasteiger partial charge in [0.2, 0.25) is 0 Å². The van der Waals surface area contributed by atoms with Crippen molar-refractivity contribution in [3.63, 3.8) is 0 Å². The maximum Gasteiger partial charge on any atom is 0.394 e. The van der Waals surface area contributed by atoms with Gasteiger partial charge in [-0.25, -0.2) is 4.79 Å². The molecule has 2 N–H and O–H groups in total. The van der Waals surface area contributed by atoms with Gasteiger partial charge in [-0.3, -0.25) is 4.79 Å². The number of carbonyl (C=O) groups is 2. The number of phenolic OH excluding ortho intramolecular Hbond substituents is 1. The highest BCUT2D eigenvalue weighted by Gasteiger charge is 2.33. The molecule has 0 bridgehead atoms. The molecule has 1 aliphatic carbocycles. The first kappa shape index (κ1) is 24.4. The predicted molar refractivity (Wildman–Crippen MR) is 128 cm³/mol. The lowest BCUT2D eigenvalue weighted by Crippen LogP contribution is -2.57. The third kappa shape index (κ3) is 6.63. The van der Waals surface area contributed by atoms with Crippen LogP contribution >= 0.6 is 0 Å². The van der Waals surface area contributed by atoms with E-state index in [-0.39, 0.29) is 11.8 Å². The van der Waals surface area contributed by atoms with Crippen LogP contribution in [0.3, 0.4) is 0 Å². The summed E-state index contributed by atoms with van der Waals surface area (Å²) in [4.78, 5) is 26.8. The van der Waals surface area contributed by atoms with Gasteiger partial charge in [-0.05, 0) is 30.0 Å². The molecule has 33 heavy (non-hydrogen) atoms. The maximum atomic E-state index is 12.1. The predicted octanol–water partition coefficient (Wildman–Crippen LogP) is 3.94. The van der Waals surface area contributed by atoms with E-state index in [1.165, 1.54) is 37.7 Å². The quantitative estimate of drug-likeness (QED) is 0.680. The number of carbonyl (C=O) groups excluding carboxylic acids is 1. The maximum absolute atomic E-state index is 12.1. The molecule has 1 saturated carbocycles. The number of nitrogens with zero attached hydrogens (tertiary/aromatic N) is 2. The molecular formula is C26H34N2O5. The van der Waals surface area contributed by atoms with Gasteiger partial charge in [0.25, 0.3) is 0 Å². The van der Waals surface area contributed by atoms with E-state index in [0.29, 0.717) is 31.8 Å². The molecule has 0 radical (unpaired) electrons. The molecule has 2 aliphatic rings. The van der Waals surface area contributed by atoms with Crippen molar-refractivity contribution >= 4 is 17.6 Å². The Morgan fingerprint density at radius 2 is 1.76 bits per heavy atom. The monoisotopic (exact) mass is 454 g/mol. The Morgan fingerprint density at radius 3 is 2.30 bits per heavy atom. The zero-order valence-electron chi connectivity index (χ0n) is 19.4. The summed E-state index contributed by atoms with van der Waals surface area (Å²) in [5, 5.41) is 19.2. The minimum Gasteiger partial charge on any atom is -0.504 e. The summed E-state index contributed by atoms with van der Waals surface area (Å²) in [6, 6.07) is 14.5. The van der Waals surface area contributed by atoms with Gasteiger partial charge in [-0.15, -0.1) is 0 Å². The smallest absolute Gasteiger partial charge is 0.394 e. The molecule has 1 heterocycles. The number of hydrogen-bond donors (Lipinski definition) is 2. The summed E-state index contributed by atoms with van der Waals surface area (Å²) in [5.41, 5.74) is 1.83. The summed E-state index contributed by atoms with van der Waals surface area (Å²) < 4.78 is 5.08. The van der Waals surface area contributed by atoms with Crippen molar-refractivity contribution in [3.05, 3.63) is 54.1 Å². The van der Waals surface area contributed by atoms with Crippen molar-refractivity contribution < 1.29 is 24.5 Å². The van der Waals surface area contributed by atoms with Crippen LogP contribution in [0.2, 0.25) is 0 Å². The molecule has 2 fully saturated rings. The van der Waals surface area contributed by atoms with Gasteiger partial charge in [0.05, 0.1) is 13.2 Å². The van der Waals surface area contributed by atoms with E-state index < -0.39 is 11.9 Å². The van der Waals surface area contributed by atoms with E-state index in [0.717, 1.165) is 17.2 Å². The number of benzene rings is 2. The first-order valence-electron chi connectivity index (χ1n) is 11.6. The van der Waals surface area contributed by atoms with E-state index in [2.05, 4.69) is 6.92 Å². The molecule has 178 valence electrons. The fraction of sp³-hybridized carbons (Fsp3) is 0.462. The van der Waals surface area contributed by atoms with Gasteiger partial charge in [-0.1, -0.05) is 62.9 Å². The van der Waals surface area contributed by atoms with E-state index in [4.69, 9.17) is 9.84 Å².